The van der Waals surface area contributed by atoms with Gasteiger partial charge in [-0.1, -0.05) is 24.3 Å². The minimum atomic E-state index is -0.181. The highest BCUT2D eigenvalue weighted by Crippen LogP contribution is 2.38. The van der Waals surface area contributed by atoms with Gasteiger partial charge in [-0.25, -0.2) is 0 Å². The van der Waals surface area contributed by atoms with E-state index in [2.05, 4.69) is 62.9 Å². The zero-order valence-corrected chi connectivity index (χ0v) is 11.8. The van der Waals surface area contributed by atoms with Gasteiger partial charge in [-0.05, 0) is 45.2 Å². The third-order valence-electron chi connectivity index (χ3n) is 3.96. The minimum absolute atomic E-state index is 0.173. The summed E-state index contributed by atoms with van der Waals surface area (Å²) in [6, 6.07) is 10.9. The fourth-order valence-corrected chi connectivity index (χ4v) is 2.55. The van der Waals surface area contributed by atoms with E-state index in [4.69, 9.17) is 0 Å². The van der Waals surface area contributed by atoms with Crippen LogP contribution in [0.4, 0.5) is 0 Å². The lowest BCUT2D eigenvalue weighted by Crippen LogP contribution is -2.62. The molecule has 2 nitrogen and oxygen atoms in total. The largest absolute Gasteiger partial charge is 0.295 e. The van der Waals surface area contributed by atoms with E-state index in [1.165, 1.54) is 11.1 Å². The molecule has 0 amide bonds. The molecule has 0 aromatic heterocycles. The number of nitrogens with zero attached hydrogens (tertiary/aromatic N) is 2. The van der Waals surface area contributed by atoms with Gasteiger partial charge in [0.05, 0.1) is 11.5 Å². The summed E-state index contributed by atoms with van der Waals surface area (Å²) in [6.07, 6.45) is 0.878. The second-order valence-electron chi connectivity index (χ2n) is 6.52. The van der Waals surface area contributed by atoms with Crippen LogP contribution in [0.1, 0.15) is 31.9 Å². The molecule has 1 aromatic carbocycles. The number of nitriles is 1. The summed E-state index contributed by atoms with van der Waals surface area (Å²) in [4.78, 5) is 2.38. The number of likely N-dealkylation sites (tertiary alicyclic amines) is 1. The van der Waals surface area contributed by atoms with E-state index < -0.39 is 0 Å². The quantitative estimate of drug-likeness (QED) is 0.796. The van der Waals surface area contributed by atoms with Gasteiger partial charge in [0.25, 0.3) is 0 Å². The Kier molecular flexibility index (Phi) is 3.21. The van der Waals surface area contributed by atoms with Crippen LogP contribution in [-0.4, -0.2) is 23.5 Å². The molecule has 0 radical (unpaired) electrons. The van der Waals surface area contributed by atoms with Crippen molar-refractivity contribution < 1.29 is 0 Å². The molecule has 2 heteroatoms. The second-order valence-corrected chi connectivity index (χ2v) is 6.52. The first-order valence-corrected chi connectivity index (χ1v) is 6.57. The topological polar surface area (TPSA) is 27.0 Å². The van der Waals surface area contributed by atoms with E-state index in [0.29, 0.717) is 0 Å². The standard InChI is InChI=1S/C16H22N2/c1-13-7-5-6-8-14(13)9-16(10-17)11-18(12-16)15(2,3)4/h5-8H,9,11-12H2,1-4H3. The Morgan fingerprint density at radius 1 is 1.28 bits per heavy atom. The molecule has 1 aliphatic heterocycles. The number of hydrogen-bond acceptors (Lipinski definition) is 2. The van der Waals surface area contributed by atoms with E-state index >= 15 is 0 Å². The predicted molar refractivity (Wildman–Crippen MR) is 74.3 cm³/mol. The summed E-state index contributed by atoms with van der Waals surface area (Å²) in [6.45, 7) is 10.5. The Balaban J connectivity index is 2.10. The molecule has 18 heavy (non-hydrogen) atoms. The number of benzene rings is 1. The average molecular weight is 242 g/mol. The van der Waals surface area contributed by atoms with Crippen LogP contribution in [0.2, 0.25) is 0 Å². The summed E-state index contributed by atoms with van der Waals surface area (Å²) in [5.41, 5.74) is 2.60. The molecule has 1 saturated heterocycles. The van der Waals surface area contributed by atoms with Gasteiger partial charge in [0, 0.05) is 18.6 Å². The second kappa shape index (κ2) is 4.40. The number of hydrogen-bond donors (Lipinski definition) is 0. The number of aryl methyl sites for hydroxylation is 1. The van der Waals surface area contributed by atoms with Crippen molar-refractivity contribution in [2.24, 2.45) is 5.41 Å². The maximum atomic E-state index is 9.50. The Labute approximate surface area is 110 Å². The van der Waals surface area contributed by atoms with Crippen molar-refractivity contribution in [2.75, 3.05) is 13.1 Å². The van der Waals surface area contributed by atoms with Gasteiger partial charge in [-0.15, -0.1) is 0 Å². The van der Waals surface area contributed by atoms with Crippen LogP contribution in [0.15, 0.2) is 24.3 Å². The van der Waals surface area contributed by atoms with Crippen LogP contribution in [0.5, 0.6) is 0 Å². The summed E-state index contributed by atoms with van der Waals surface area (Å²) in [7, 11) is 0. The van der Waals surface area contributed by atoms with Gasteiger partial charge in [-0.3, -0.25) is 4.90 Å². The Hall–Kier alpha value is -1.33. The summed E-state index contributed by atoms with van der Waals surface area (Å²) < 4.78 is 0. The number of rotatable bonds is 2. The molecule has 96 valence electrons. The highest BCUT2D eigenvalue weighted by atomic mass is 15.3. The lowest BCUT2D eigenvalue weighted by Gasteiger charge is -2.52. The van der Waals surface area contributed by atoms with Crippen molar-refractivity contribution in [3.8, 4) is 6.07 Å². The molecule has 1 aliphatic rings. The maximum Gasteiger partial charge on any atom is 0.0867 e. The molecule has 0 N–H and O–H groups in total. The monoisotopic (exact) mass is 242 g/mol. The van der Waals surface area contributed by atoms with Crippen LogP contribution < -0.4 is 0 Å². The van der Waals surface area contributed by atoms with Crippen molar-refractivity contribution in [2.45, 2.75) is 39.7 Å². The summed E-state index contributed by atoms with van der Waals surface area (Å²) in [5, 5.41) is 9.50. The lowest BCUT2D eigenvalue weighted by atomic mass is 9.73. The van der Waals surface area contributed by atoms with E-state index in [-0.39, 0.29) is 11.0 Å². The van der Waals surface area contributed by atoms with E-state index in [1.54, 1.807) is 0 Å². The molecule has 1 heterocycles. The Morgan fingerprint density at radius 3 is 2.39 bits per heavy atom. The zero-order chi connectivity index (χ0) is 13.4. The van der Waals surface area contributed by atoms with Gasteiger partial charge < -0.3 is 0 Å². The highest BCUT2D eigenvalue weighted by Gasteiger charge is 2.47. The lowest BCUT2D eigenvalue weighted by molar-refractivity contribution is -0.0252. The highest BCUT2D eigenvalue weighted by molar-refractivity contribution is 5.30. The Morgan fingerprint density at radius 2 is 1.89 bits per heavy atom. The molecule has 0 saturated carbocycles. The van der Waals surface area contributed by atoms with Crippen molar-refractivity contribution in [3.63, 3.8) is 0 Å². The first-order valence-electron chi connectivity index (χ1n) is 6.57. The third kappa shape index (κ3) is 2.42. The summed E-state index contributed by atoms with van der Waals surface area (Å²) >= 11 is 0. The third-order valence-corrected chi connectivity index (χ3v) is 3.96. The molecule has 1 fully saturated rings. The fourth-order valence-electron chi connectivity index (χ4n) is 2.55. The van der Waals surface area contributed by atoms with E-state index in [0.717, 1.165) is 19.5 Å². The SMILES string of the molecule is Cc1ccccc1CC1(C#N)CN(C(C)(C)C)C1. The molecular formula is C16H22N2. The molecule has 0 unspecified atom stereocenters. The van der Waals surface area contributed by atoms with Gasteiger partial charge in [-0.2, -0.15) is 5.26 Å². The van der Waals surface area contributed by atoms with E-state index in [1.807, 2.05) is 0 Å². The van der Waals surface area contributed by atoms with Gasteiger partial charge in [0.2, 0.25) is 0 Å². The molecule has 2 rings (SSSR count). The van der Waals surface area contributed by atoms with Gasteiger partial charge in [0.1, 0.15) is 0 Å². The van der Waals surface area contributed by atoms with Gasteiger partial charge in [0.15, 0.2) is 0 Å². The van der Waals surface area contributed by atoms with Crippen LogP contribution in [0, 0.1) is 23.7 Å². The molecule has 0 spiro atoms. The molecule has 1 aromatic rings. The normalized spacial score (nSPS) is 19.1. The average Bonchev–Trinajstić information content (AvgIpc) is 2.24. The molecule has 0 atom stereocenters. The van der Waals surface area contributed by atoms with Crippen molar-refractivity contribution in [1.82, 2.24) is 4.90 Å². The molecule has 0 bridgehead atoms. The minimum Gasteiger partial charge on any atom is -0.295 e. The van der Waals surface area contributed by atoms with E-state index in [9.17, 15) is 5.26 Å². The first-order chi connectivity index (χ1) is 8.36. The molecule has 0 aliphatic carbocycles. The maximum absolute atomic E-state index is 9.50. The zero-order valence-electron chi connectivity index (χ0n) is 11.8. The predicted octanol–water partition coefficient (Wildman–Crippen LogP) is 3.16. The van der Waals surface area contributed by atoms with Crippen LogP contribution in [-0.2, 0) is 6.42 Å². The Bertz CT molecular complexity index is 471. The first kappa shape index (κ1) is 13.1. The van der Waals surface area contributed by atoms with Crippen LogP contribution in [0.25, 0.3) is 0 Å². The van der Waals surface area contributed by atoms with Crippen LogP contribution in [0.3, 0.4) is 0 Å². The summed E-state index contributed by atoms with van der Waals surface area (Å²) in [5.74, 6) is 0. The smallest absolute Gasteiger partial charge is 0.0867 e. The fraction of sp³-hybridized carbons (Fsp3) is 0.562. The van der Waals surface area contributed by atoms with Gasteiger partial charge >= 0.3 is 0 Å². The molecular weight excluding hydrogens is 220 g/mol. The van der Waals surface area contributed by atoms with Crippen molar-refractivity contribution >= 4 is 0 Å². The van der Waals surface area contributed by atoms with Crippen molar-refractivity contribution in [3.05, 3.63) is 35.4 Å². The van der Waals surface area contributed by atoms with Crippen LogP contribution >= 0.6 is 0 Å². The van der Waals surface area contributed by atoms with Crippen molar-refractivity contribution in [1.29, 1.82) is 5.26 Å².